The first kappa shape index (κ1) is 13.9. The monoisotopic (exact) mass is 287 g/mol. The Bertz CT molecular complexity index is 473. The third-order valence-corrected chi connectivity index (χ3v) is 4.48. The summed E-state index contributed by atoms with van der Waals surface area (Å²) in [6.07, 6.45) is 1.92. The average Bonchev–Trinajstić information content (AvgIpc) is 3.03. The number of aromatic nitrogens is 2. The van der Waals surface area contributed by atoms with Crippen molar-refractivity contribution in [1.29, 1.82) is 0 Å². The molecule has 1 N–H and O–H groups in total. The Balaban J connectivity index is 1.84. The molecule has 1 saturated carbocycles. The van der Waals surface area contributed by atoms with Crippen LogP contribution in [0.3, 0.4) is 0 Å². The fraction of sp³-hybridized carbons (Fsp3) is 0.786. The number of imidazole rings is 1. The summed E-state index contributed by atoms with van der Waals surface area (Å²) in [5.41, 5.74) is 1.36. The van der Waals surface area contributed by atoms with Crippen LogP contribution in [0.15, 0.2) is 0 Å². The summed E-state index contributed by atoms with van der Waals surface area (Å²) in [5, 5.41) is 3.09. The largest absolute Gasteiger partial charge is 0.449 e. The van der Waals surface area contributed by atoms with Crippen LogP contribution in [0.2, 0.25) is 0 Å². The van der Waals surface area contributed by atoms with Crippen molar-refractivity contribution in [2.45, 2.75) is 57.8 Å². The van der Waals surface area contributed by atoms with Gasteiger partial charge in [0.1, 0.15) is 0 Å². The van der Waals surface area contributed by atoms with Crippen molar-refractivity contribution in [3.8, 4) is 0 Å². The molecule has 0 bridgehead atoms. The molecule has 0 saturated heterocycles. The fourth-order valence-electron chi connectivity index (χ4n) is 3.44. The van der Waals surface area contributed by atoms with E-state index >= 15 is 0 Å². The second-order valence-electron chi connectivity index (χ2n) is 5.84. The molecule has 1 aromatic heterocycles. The van der Waals surface area contributed by atoms with E-state index in [9.17, 15) is 13.2 Å². The van der Waals surface area contributed by atoms with Crippen molar-refractivity contribution in [1.82, 2.24) is 14.9 Å². The summed E-state index contributed by atoms with van der Waals surface area (Å²) in [7, 11) is 0. The van der Waals surface area contributed by atoms with E-state index in [1.807, 2.05) is 0 Å². The van der Waals surface area contributed by atoms with E-state index in [-0.39, 0.29) is 0 Å². The number of rotatable bonds is 3. The third kappa shape index (κ3) is 2.71. The summed E-state index contributed by atoms with van der Waals surface area (Å²) < 4.78 is 40.8. The molecule has 3 rings (SSSR count). The average molecular weight is 287 g/mol. The Labute approximate surface area is 116 Å². The topological polar surface area (TPSA) is 29.9 Å². The molecule has 20 heavy (non-hydrogen) atoms. The molecule has 112 valence electrons. The first-order valence-electron chi connectivity index (χ1n) is 7.42. The molecule has 2 aliphatic rings. The van der Waals surface area contributed by atoms with E-state index in [1.54, 1.807) is 0 Å². The Kier molecular flexibility index (Phi) is 3.75. The predicted octanol–water partition coefficient (Wildman–Crippen LogP) is 3.13. The van der Waals surface area contributed by atoms with Crippen LogP contribution in [0, 0.1) is 5.92 Å². The highest BCUT2D eigenvalue weighted by Crippen LogP contribution is 2.33. The van der Waals surface area contributed by atoms with Crippen LogP contribution in [0.25, 0.3) is 0 Å². The molecule has 1 fully saturated rings. The third-order valence-electron chi connectivity index (χ3n) is 4.48. The number of nitrogens with zero attached hydrogens (tertiary/aromatic N) is 2. The standard InChI is InChI=1S/C14H20F3N3/c15-14(16,17)13-19-11-9-18-7-5-12(11)20(13)8-6-10-3-1-2-4-10/h10,18H,1-9H2. The van der Waals surface area contributed by atoms with Crippen LogP contribution in [0.5, 0.6) is 0 Å². The highest BCUT2D eigenvalue weighted by Gasteiger charge is 2.39. The number of fused-ring (bicyclic) bond motifs is 1. The SMILES string of the molecule is FC(F)(F)c1nc2c(n1CCC1CCCC1)CCNC2. The first-order chi connectivity index (χ1) is 9.55. The van der Waals surface area contributed by atoms with Crippen LogP contribution < -0.4 is 5.32 Å². The van der Waals surface area contributed by atoms with E-state index < -0.39 is 12.0 Å². The minimum absolute atomic E-state index is 0.453. The van der Waals surface area contributed by atoms with Gasteiger partial charge in [-0.1, -0.05) is 25.7 Å². The lowest BCUT2D eigenvalue weighted by atomic mass is 10.0. The van der Waals surface area contributed by atoms with Crippen LogP contribution in [0.1, 0.15) is 49.3 Å². The van der Waals surface area contributed by atoms with Crippen LogP contribution >= 0.6 is 0 Å². The molecule has 0 aromatic carbocycles. The van der Waals surface area contributed by atoms with E-state index in [0.29, 0.717) is 31.1 Å². The molecule has 0 atom stereocenters. The molecule has 1 aliphatic heterocycles. The summed E-state index contributed by atoms with van der Waals surface area (Å²) in [6, 6.07) is 0. The summed E-state index contributed by atoms with van der Waals surface area (Å²) >= 11 is 0. The highest BCUT2D eigenvalue weighted by molar-refractivity contribution is 5.21. The number of hydrogen-bond acceptors (Lipinski definition) is 2. The lowest BCUT2D eigenvalue weighted by Crippen LogP contribution is -2.25. The zero-order valence-corrected chi connectivity index (χ0v) is 11.5. The maximum atomic E-state index is 13.1. The van der Waals surface area contributed by atoms with Gasteiger partial charge in [-0.15, -0.1) is 0 Å². The Morgan fingerprint density at radius 1 is 1.25 bits per heavy atom. The van der Waals surface area contributed by atoms with Gasteiger partial charge in [0.15, 0.2) is 0 Å². The lowest BCUT2D eigenvalue weighted by molar-refractivity contribution is -0.147. The predicted molar refractivity (Wildman–Crippen MR) is 69.2 cm³/mol. The minimum Gasteiger partial charge on any atom is -0.324 e. The van der Waals surface area contributed by atoms with Gasteiger partial charge in [0.05, 0.1) is 5.69 Å². The highest BCUT2D eigenvalue weighted by atomic mass is 19.4. The van der Waals surface area contributed by atoms with Crippen molar-refractivity contribution in [2.24, 2.45) is 5.92 Å². The summed E-state index contributed by atoms with van der Waals surface area (Å²) in [6.45, 7) is 1.65. The van der Waals surface area contributed by atoms with Gasteiger partial charge >= 0.3 is 6.18 Å². The van der Waals surface area contributed by atoms with Gasteiger partial charge in [-0.3, -0.25) is 0 Å². The second-order valence-corrected chi connectivity index (χ2v) is 5.84. The molecule has 3 nitrogen and oxygen atoms in total. The second kappa shape index (κ2) is 5.39. The maximum Gasteiger partial charge on any atom is 0.449 e. The molecule has 0 radical (unpaired) electrons. The number of halogens is 3. The molecule has 2 heterocycles. The van der Waals surface area contributed by atoms with Gasteiger partial charge in [0.2, 0.25) is 5.82 Å². The quantitative estimate of drug-likeness (QED) is 0.925. The van der Waals surface area contributed by atoms with E-state index in [2.05, 4.69) is 10.3 Å². The zero-order valence-electron chi connectivity index (χ0n) is 11.5. The summed E-state index contributed by atoms with van der Waals surface area (Å²) in [5.74, 6) is -0.111. The van der Waals surface area contributed by atoms with Crippen molar-refractivity contribution in [3.63, 3.8) is 0 Å². The molecule has 1 aliphatic carbocycles. The molecular formula is C14H20F3N3. The van der Waals surface area contributed by atoms with Crippen LogP contribution in [0.4, 0.5) is 13.2 Å². The van der Waals surface area contributed by atoms with Gasteiger partial charge in [-0.25, -0.2) is 4.98 Å². The van der Waals surface area contributed by atoms with Gasteiger partial charge in [0, 0.05) is 31.7 Å². The van der Waals surface area contributed by atoms with Crippen molar-refractivity contribution in [3.05, 3.63) is 17.2 Å². The fourth-order valence-corrected chi connectivity index (χ4v) is 3.44. The molecular weight excluding hydrogens is 267 g/mol. The Hall–Kier alpha value is -1.04. The number of alkyl halides is 3. The molecule has 0 spiro atoms. The Morgan fingerprint density at radius 2 is 2.00 bits per heavy atom. The number of hydrogen-bond donors (Lipinski definition) is 1. The van der Waals surface area contributed by atoms with Crippen molar-refractivity contribution >= 4 is 0 Å². The van der Waals surface area contributed by atoms with Crippen LogP contribution in [-0.2, 0) is 25.7 Å². The number of nitrogens with one attached hydrogen (secondary N) is 1. The van der Waals surface area contributed by atoms with E-state index in [4.69, 9.17) is 0 Å². The normalized spacial score (nSPS) is 20.4. The van der Waals surface area contributed by atoms with Gasteiger partial charge in [0.25, 0.3) is 0 Å². The minimum atomic E-state index is -4.35. The molecule has 1 aromatic rings. The zero-order chi connectivity index (χ0) is 14.2. The molecule has 6 heteroatoms. The Morgan fingerprint density at radius 3 is 2.70 bits per heavy atom. The smallest absolute Gasteiger partial charge is 0.324 e. The van der Waals surface area contributed by atoms with Gasteiger partial charge < -0.3 is 9.88 Å². The van der Waals surface area contributed by atoms with Crippen LogP contribution in [-0.4, -0.2) is 16.1 Å². The summed E-state index contributed by atoms with van der Waals surface area (Å²) in [4.78, 5) is 3.84. The molecule has 0 unspecified atom stereocenters. The van der Waals surface area contributed by atoms with Crippen molar-refractivity contribution in [2.75, 3.05) is 6.54 Å². The van der Waals surface area contributed by atoms with Gasteiger partial charge in [-0.2, -0.15) is 13.2 Å². The first-order valence-corrected chi connectivity index (χ1v) is 7.42. The lowest BCUT2D eigenvalue weighted by Gasteiger charge is -2.18. The van der Waals surface area contributed by atoms with E-state index in [0.717, 1.165) is 18.7 Å². The van der Waals surface area contributed by atoms with E-state index in [1.165, 1.54) is 30.3 Å². The maximum absolute atomic E-state index is 13.1. The molecule has 0 amide bonds. The van der Waals surface area contributed by atoms with Crippen molar-refractivity contribution < 1.29 is 13.2 Å². The van der Waals surface area contributed by atoms with Gasteiger partial charge in [-0.05, 0) is 12.3 Å².